The zero-order chi connectivity index (χ0) is 14.7. The molecule has 1 aromatic carbocycles. The van der Waals surface area contributed by atoms with Gasteiger partial charge in [-0.05, 0) is 37.8 Å². The Morgan fingerprint density at radius 3 is 2.90 bits per heavy atom. The Balaban J connectivity index is 1.67. The summed E-state index contributed by atoms with van der Waals surface area (Å²) in [7, 11) is 0. The van der Waals surface area contributed by atoms with Gasteiger partial charge >= 0.3 is 0 Å². The third kappa shape index (κ3) is 3.42. The van der Waals surface area contributed by atoms with Crippen molar-refractivity contribution in [1.82, 2.24) is 15.2 Å². The van der Waals surface area contributed by atoms with Gasteiger partial charge in [0.15, 0.2) is 0 Å². The molecular formula is C16H23N5. The SMILES string of the molecule is Cc1ccc(Cc2nc(N3CCCC(CN)C3)n[nH]2)cc1. The molecule has 0 spiro atoms. The van der Waals surface area contributed by atoms with E-state index in [1.807, 2.05) is 0 Å². The summed E-state index contributed by atoms with van der Waals surface area (Å²) >= 11 is 0. The molecule has 1 fully saturated rings. The molecule has 0 saturated carbocycles. The maximum absolute atomic E-state index is 5.79. The van der Waals surface area contributed by atoms with Gasteiger partial charge in [0, 0.05) is 19.5 Å². The van der Waals surface area contributed by atoms with E-state index in [0.29, 0.717) is 5.92 Å². The number of nitrogens with zero attached hydrogens (tertiary/aromatic N) is 3. The third-order valence-electron chi connectivity index (χ3n) is 4.15. The van der Waals surface area contributed by atoms with Crippen molar-refractivity contribution in [3.63, 3.8) is 0 Å². The predicted octanol–water partition coefficient (Wildman–Crippen LogP) is 1.88. The number of H-pyrrole nitrogens is 1. The zero-order valence-electron chi connectivity index (χ0n) is 12.5. The van der Waals surface area contributed by atoms with Crippen LogP contribution in [0.25, 0.3) is 0 Å². The van der Waals surface area contributed by atoms with Gasteiger partial charge in [-0.1, -0.05) is 29.8 Å². The largest absolute Gasteiger partial charge is 0.339 e. The van der Waals surface area contributed by atoms with Gasteiger partial charge in [-0.2, -0.15) is 4.98 Å². The minimum atomic E-state index is 0.567. The van der Waals surface area contributed by atoms with Gasteiger partial charge in [-0.15, -0.1) is 5.10 Å². The summed E-state index contributed by atoms with van der Waals surface area (Å²) in [6.45, 7) is 4.84. The van der Waals surface area contributed by atoms with Crippen molar-refractivity contribution >= 4 is 5.95 Å². The maximum Gasteiger partial charge on any atom is 0.244 e. The summed E-state index contributed by atoms with van der Waals surface area (Å²) in [5, 5.41) is 7.44. The molecule has 1 unspecified atom stereocenters. The van der Waals surface area contributed by atoms with Gasteiger partial charge in [-0.3, -0.25) is 5.10 Å². The lowest BCUT2D eigenvalue weighted by molar-refractivity contribution is 0.420. The van der Waals surface area contributed by atoms with Crippen LogP contribution in [0.15, 0.2) is 24.3 Å². The number of hydrogen-bond acceptors (Lipinski definition) is 4. The van der Waals surface area contributed by atoms with Crippen LogP contribution in [0.2, 0.25) is 0 Å². The number of rotatable bonds is 4. The molecule has 1 saturated heterocycles. The molecule has 3 rings (SSSR count). The van der Waals surface area contributed by atoms with Crippen LogP contribution in [0.5, 0.6) is 0 Å². The molecule has 21 heavy (non-hydrogen) atoms. The molecule has 5 nitrogen and oxygen atoms in total. The van der Waals surface area contributed by atoms with E-state index in [1.54, 1.807) is 0 Å². The third-order valence-corrected chi connectivity index (χ3v) is 4.15. The summed E-state index contributed by atoms with van der Waals surface area (Å²) in [4.78, 5) is 6.89. The Morgan fingerprint density at radius 1 is 1.33 bits per heavy atom. The lowest BCUT2D eigenvalue weighted by Gasteiger charge is -2.31. The van der Waals surface area contributed by atoms with Crippen molar-refractivity contribution in [2.75, 3.05) is 24.5 Å². The number of aromatic nitrogens is 3. The number of hydrogen-bond donors (Lipinski definition) is 2. The number of aromatic amines is 1. The van der Waals surface area contributed by atoms with Crippen LogP contribution in [-0.2, 0) is 6.42 Å². The second-order valence-corrected chi connectivity index (χ2v) is 5.93. The average molecular weight is 285 g/mol. The van der Waals surface area contributed by atoms with E-state index in [1.165, 1.54) is 24.0 Å². The molecule has 5 heteroatoms. The molecule has 2 aromatic rings. The highest BCUT2D eigenvalue weighted by Crippen LogP contribution is 2.20. The van der Waals surface area contributed by atoms with Crippen LogP contribution in [-0.4, -0.2) is 34.8 Å². The number of piperidine rings is 1. The fraction of sp³-hybridized carbons (Fsp3) is 0.500. The van der Waals surface area contributed by atoms with E-state index < -0.39 is 0 Å². The number of nitrogens with two attached hydrogens (primary N) is 1. The highest BCUT2D eigenvalue weighted by atomic mass is 15.4. The lowest BCUT2D eigenvalue weighted by Crippen LogP contribution is -2.39. The van der Waals surface area contributed by atoms with E-state index in [4.69, 9.17) is 5.73 Å². The van der Waals surface area contributed by atoms with E-state index >= 15 is 0 Å². The fourth-order valence-electron chi connectivity index (χ4n) is 2.84. The van der Waals surface area contributed by atoms with Crippen molar-refractivity contribution < 1.29 is 0 Å². The second kappa shape index (κ2) is 6.26. The Hall–Kier alpha value is -1.88. The molecule has 112 valence electrons. The minimum absolute atomic E-state index is 0.567. The maximum atomic E-state index is 5.79. The fourth-order valence-corrected chi connectivity index (χ4v) is 2.84. The monoisotopic (exact) mass is 285 g/mol. The Kier molecular flexibility index (Phi) is 4.20. The molecule has 3 N–H and O–H groups in total. The first-order valence-corrected chi connectivity index (χ1v) is 7.66. The van der Waals surface area contributed by atoms with Gasteiger partial charge < -0.3 is 10.6 Å². The number of aryl methyl sites for hydroxylation is 1. The summed E-state index contributed by atoms with van der Waals surface area (Å²) in [5.41, 5.74) is 8.32. The van der Waals surface area contributed by atoms with E-state index in [2.05, 4.69) is 51.3 Å². The molecule has 0 bridgehead atoms. The lowest BCUT2D eigenvalue weighted by atomic mass is 9.99. The molecule has 1 aliphatic heterocycles. The highest BCUT2D eigenvalue weighted by Gasteiger charge is 2.21. The van der Waals surface area contributed by atoms with Crippen LogP contribution in [0.4, 0.5) is 5.95 Å². The molecule has 0 amide bonds. The van der Waals surface area contributed by atoms with Crippen molar-refractivity contribution in [3.8, 4) is 0 Å². The summed E-state index contributed by atoms with van der Waals surface area (Å²) in [5.74, 6) is 2.30. The molecule has 0 aliphatic carbocycles. The van der Waals surface area contributed by atoms with Gasteiger partial charge in [0.2, 0.25) is 5.95 Å². The first-order valence-electron chi connectivity index (χ1n) is 7.66. The zero-order valence-corrected chi connectivity index (χ0v) is 12.5. The normalized spacial score (nSPS) is 19.0. The van der Waals surface area contributed by atoms with E-state index in [-0.39, 0.29) is 0 Å². The molecule has 2 heterocycles. The smallest absolute Gasteiger partial charge is 0.244 e. The predicted molar refractivity (Wildman–Crippen MR) is 84.4 cm³/mol. The van der Waals surface area contributed by atoms with Crippen LogP contribution in [0.1, 0.15) is 29.8 Å². The van der Waals surface area contributed by atoms with Crippen molar-refractivity contribution in [1.29, 1.82) is 0 Å². The van der Waals surface area contributed by atoms with Crippen molar-refractivity contribution in [2.45, 2.75) is 26.2 Å². The molecule has 0 radical (unpaired) electrons. The Bertz CT molecular complexity index is 575. The average Bonchev–Trinajstić information content (AvgIpc) is 2.98. The standard InChI is InChI=1S/C16H23N5/c1-12-4-6-13(7-5-12)9-15-18-16(20-19-15)21-8-2-3-14(10-17)11-21/h4-7,14H,2-3,8-11,17H2,1H3,(H,18,19,20). The Morgan fingerprint density at radius 2 is 2.14 bits per heavy atom. The minimum Gasteiger partial charge on any atom is -0.339 e. The molecule has 1 atom stereocenters. The van der Waals surface area contributed by atoms with E-state index in [0.717, 1.165) is 37.8 Å². The van der Waals surface area contributed by atoms with Crippen LogP contribution in [0, 0.1) is 12.8 Å². The van der Waals surface area contributed by atoms with Crippen LogP contribution < -0.4 is 10.6 Å². The second-order valence-electron chi connectivity index (χ2n) is 5.93. The molecular weight excluding hydrogens is 262 g/mol. The number of nitrogens with one attached hydrogen (secondary N) is 1. The van der Waals surface area contributed by atoms with Gasteiger partial charge in [0.05, 0.1) is 0 Å². The summed E-state index contributed by atoms with van der Waals surface area (Å²) < 4.78 is 0. The summed E-state index contributed by atoms with van der Waals surface area (Å²) in [6.07, 6.45) is 3.18. The molecule has 1 aromatic heterocycles. The van der Waals surface area contributed by atoms with Gasteiger partial charge in [0.1, 0.15) is 5.82 Å². The molecule has 1 aliphatic rings. The van der Waals surface area contributed by atoms with Crippen LogP contribution >= 0.6 is 0 Å². The quantitative estimate of drug-likeness (QED) is 0.900. The number of anilines is 1. The number of benzene rings is 1. The van der Waals surface area contributed by atoms with Gasteiger partial charge in [0.25, 0.3) is 0 Å². The first-order chi connectivity index (χ1) is 10.2. The first kappa shape index (κ1) is 14.1. The van der Waals surface area contributed by atoms with Crippen molar-refractivity contribution in [3.05, 3.63) is 41.2 Å². The summed E-state index contributed by atoms with van der Waals surface area (Å²) in [6, 6.07) is 8.54. The Labute approximate surface area is 125 Å². The van der Waals surface area contributed by atoms with Crippen LogP contribution in [0.3, 0.4) is 0 Å². The highest BCUT2D eigenvalue weighted by molar-refractivity contribution is 5.31. The van der Waals surface area contributed by atoms with Gasteiger partial charge in [-0.25, -0.2) is 0 Å². The van der Waals surface area contributed by atoms with E-state index in [9.17, 15) is 0 Å². The van der Waals surface area contributed by atoms with Crippen molar-refractivity contribution in [2.24, 2.45) is 11.7 Å². The topological polar surface area (TPSA) is 70.8 Å².